The summed E-state index contributed by atoms with van der Waals surface area (Å²) >= 11 is 6.05. The molecule has 2 aromatic rings. The fraction of sp³-hybridized carbons (Fsp3) is 0.467. The molecule has 1 aromatic heterocycles. The summed E-state index contributed by atoms with van der Waals surface area (Å²) < 4.78 is 11.3. The molecular formula is C15H19ClN2O6. The Balaban J connectivity index is 2.06. The number of esters is 1. The average molecular weight is 359 g/mol. The van der Waals surface area contributed by atoms with Crippen LogP contribution in [0.4, 0.5) is 0 Å². The minimum Gasteiger partial charge on any atom is -0.463 e. The van der Waals surface area contributed by atoms with Gasteiger partial charge < -0.3 is 25.1 Å². The van der Waals surface area contributed by atoms with Gasteiger partial charge in [0.25, 0.3) is 0 Å². The zero-order valence-electron chi connectivity index (χ0n) is 13.1. The Morgan fingerprint density at radius 1 is 1.42 bits per heavy atom. The summed E-state index contributed by atoms with van der Waals surface area (Å²) in [6.07, 6.45) is -0.104. The Bertz CT molecular complexity index is 793. The highest BCUT2D eigenvalue weighted by molar-refractivity contribution is 6.32. The van der Waals surface area contributed by atoms with Gasteiger partial charge in [0.15, 0.2) is 5.58 Å². The highest BCUT2D eigenvalue weighted by Crippen LogP contribution is 2.23. The van der Waals surface area contributed by atoms with Gasteiger partial charge in [0.1, 0.15) is 6.61 Å². The monoisotopic (exact) mass is 358 g/mol. The van der Waals surface area contributed by atoms with Crippen molar-refractivity contribution in [1.29, 1.82) is 0 Å². The molecule has 0 aliphatic rings. The first-order chi connectivity index (χ1) is 11.3. The smallest absolute Gasteiger partial charge is 0.419 e. The van der Waals surface area contributed by atoms with Crippen LogP contribution in [0.15, 0.2) is 21.3 Å². The Labute approximate surface area is 142 Å². The van der Waals surface area contributed by atoms with Crippen molar-refractivity contribution in [2.45, 2.75) is 25.4 Å². The Morgan fingerprint density at radius 2 is 2.08 bits per heavy atom. The van der Waals surface area contributed by atoms with E-state index in [1.165, 1.54) is 4.57 Å². The maximum atomic E-state index is 11.9. The summed E-state index contributed by atoms with van der Waals surface area (Å²) in [6, 6.07) is 3.25. The second-order valence-corrected chi connectivity index (χ2v) is 6.09. The topological polar surface area (TPSA) is 128 Å². The van der Waals surface area contributed by atoms with Gasteiger partial charge in [0, 0.05) is 11.6 Å². The molecule has 9 heteroatoms. The van der Waals surface area contributed by atoms with Gasteiger partial charge in [-0.25, -0.2) is 4.79 Å². The molecule has 0 atom stereocenters. The summed E-state index contributed by atoms with van der Waals surface area (Å²) in [7, 11) is 0. The molecule has 132 valence electrons. The molecule has 0 amide bonds. The third-order valence-corrected chi connectivity index (χ3v) is 4.05. The lowest BCUT2D eigenvalue weighted by Crippen LogP contribution is -2.51. The maximum absolute atomic E-state index is 11.9. The van der Waals surface area contributed by atoms with E-state index in [1.54, 1.807) is 19.1 Å². The summed E-state index contributed by atoms with van der Waals surface area (Å²) in [5.41, 5.74) is 5.86. The number of oxazole rings is 1. The number of nitrogens with zero attached hydrogens (tertiary/aromatic N) is 1. The molecule has 0 spiro atoms. The van der Waals surface area contributed by atoms with Gasteiger partial charge in [-0.15, -0.1) is 0 Å². The number of aromatic nitrogens is 1. The number of carbonyl (C=O) groups is 1. The Morgan fingerprint density at radius 3 is 2.71 bits per heavy atom. The number of carbonyl (C=O) groups excluding carboxylic acids is 1. The van der Waals surface area contributed by atoms with Gasteiger partial charge >= 0.3 is 11.7 Å². The third-order valence-electron chi connectivity index (χ3n) is 3.64. The number of hydrogen-bond acceptors (Lipinski definition) is 7. The molecule has 0 fully saturated rings. The van der Waals surface area contributed by atoms with Gasteiger partial charge in [-0.2, -0.15) is 0 Å². The number of benzene rings is 1. The van der Waals surface area contributed by atoms with Crippen LogP contribution in [0.1, 0.15) is 12.0 Å². The molecular weight excluding hydrogens is 340 g/mol. The van der Waals surface area contributed by atoms with E-state index in [9.17, 15) is 9.59 Å². The van der Waals surface area contributed by atoms with E-state index in [0.717, 1.165) is 5.56 Å². The van der Waals surface area contributed by atoms with Crippen LogP contribution < -0.4 is 11.5 Å². The van der Waals surface area contributed by atoms with Crippen molar-refractivity contribution in [1.82, 2.24) is 4.57 Å². The fourth-order valence-corrected chi connectivity index (χ4v) is 2.20. The molecule has 0 saturated carbocycles. The standard InChI is InChI=1S/C15H19ClN2O6/c1-9-4-12-11(5-10(9)16)18(14(22)24-12)3-2-13(21)23-8-15(17,6-19)7-20/h4-5,19-20H,2-3,6-8,17H2,1H3. The molecule has 0 saturated heterocycles. The van der Waals surface area contributed by atoms with E-state index in [4.69, 9.17) is 36.7 Å². The number of ether oxygens (including phenoxy) is 1. The van der Waals surface area contributed by atoms with Gasteiger partial charge in [0.2, 0.25) is 0 Å². The highest BCUT2D eigenvalue weighted by atomic mass is 35.5. The lowest BCUT2D eigenvalue weighted by molar-refractivity contribution is -0.146. The predicted octanol–water partition coefficient (Wildman–Crippen LogP) is 0.172. The predicted molar refractivity (Wildman–Crippen MR) is 86.9 cm³/mol. The first-order valence-electron chi connectivity index (χ1n) is 7.25. The van der Waals surface area contributed by atoms with Crippen LogP contribution in [0.2, 0.25) is 5.02 Å². The van der Waals surface area contributed by atoms with Gasteiger partial charge in [-0.05, 0) is 24.6 Å². The van der Waals surface area contributed by atoms with Crippen LogP contribution in [0, 0.1) is 6.92 Å². The molecule has 2 rings (SSSR count). The zero-order valence-corrected chi connectivity index (χ0v) is 13.9. The van der Waals surface area contributed by atoms with Crippen LogP contribution in [-0.4, -0.2) is 46.1 Å². The van der Waals surface area contributed by atoms with E-state index in [2.05, 4.69) is 0 Å². The van der Waals surface area contributed by atoms with E-state index in [-0.39, 0.29) is 19.6 Å². The molecule has 0 aliphatic carbocycles. The average Bonchev–Trinajstić information content (AvgIpc) is 2.85. The number of rotatable bonds is 7. The number of fused-ring (bicyclic) bond motifs is 1. The second-order valence-electron chi connectivity index (χ2n) is 5.68. The van der Waals surface area contributed by atoms with Crippen LogP contribution in [0.5, 0.6) is 0 Å². The summed E-state index contributed by atoms with van der Waals surface area (Å²) in [6.45, 7) is 0.448. The van der Waals surface area contributed by atoms with Gasteiger partial charge in [-0.1, -0.05) is 11.6 Å². The number of halogens is 1. The zero-order chi connectivity index (χ0) is 17.9. The number of hydrogen-bond donors (Lipinski definition) is 3. The van der Waals surface area contributed by atoms with Crippen molar-refractivity contribution in [3.05, 3.63) is 33.3 Å². The first-order valence-corrected chi connectivity index (χ1v) is 7.63. The summed E-state index contributed by atoms with van der Waals surface area (Å²) in [4.78, 5) is 23.7. The van der Waals surface area contributed by atoms with E-state index < -0.39 is 30.5 Å². The highest BCUT2D eigenvalue weighted by Gasteiger charge is 2.25. The number of aryl methyl sites for hydroxylation is 2. The molecule has 0 aliphatic heterocycles. The Kier molecular flexibility index (Phi) is 5.66. The van der Waals surface area contributed by atoms with Crippen LogP contribution >= 0.6 is 11.6 Å². The van der Waals surface area contributed by atoms with Crippen molar-refractivity contribution in [3.8, 4) is 0 Å². The molecule has 0 radical (unpaired) electrons. The van der Waals surface area contributed by atoms with Crippen molar-refractivity contribution in [2.24, 2.45) is 5.73 Å². The molecule has 0 bridgehead atoms. The molecule has 4 N–H and O–H groups in total. The van der Waals surface area contributed by atoms with E-state index in [0.29, 0.717) is 16.1 Å². The van der Waals surface area contributed by atoms with E-state index in [1.807, 2.05) is 0 Å². The molecule has 1 heterocycles. The number of nitrogens with two attached hydrogens (primary N) is 1. The quantitative estimate of drug-likeness (QED) is 0.602. The van der Waals surface area contributed by atoms with Crippen LogP contribution in [-0.2, 0) is 16.1 Å². The van der Waals surface area contributed by atoms with Crippen molar-refractivity contribution < 1.29 is 24.2 Å². The lowest BCUT2D eigenvalue weighted by Gasteiger charge is -2.23. The minimum atomic E-state index is -1.39. The van der Waals surface area contributed by atoms with Crippen LogP contribution in [0.25, 0.3) is 11.1 Å². The maximum Gasteiger partial charge on any atom is 0.419 e. The molecule has 8 nitrogen and oxygen atoms in total. The number of aliphatic hydroxyl groups is 2. The molecule has 24 heavy (non-hydrogen) atoms. The second kappa shape index (κ2) is 7.35. The largest absolute Gasteiger partial charge is 0.463 e. The SMILES string of the molecule is Cc1cc2oc(=O)n(CCC(=O)OCC(N)(CO)CO)c2cc1Cl. The van der Waals surface area contributed by atoms with Crippen LogP contribution in [0.3, 0.4) is 0 Å². The van der Waals surface area contributed by atoms with Crippen molar-refractivity contribution in [2.75, 3.05) is 19.8 Å². The summed E-state index contributed by atoms with van der Waals surface area (Å²) in [5, 5.41) is 18.6. The molecule has 1 aromatic carbocycles. The molecule has 0 unspecified atom stereocenters. The summed E-state index contributed by atoms with van der Waals surface area (Å²) in [5.74, 6) is -1.22. The fourth-order valence-electron chi connectivity index (χ4n) is 2.04. The first kappa shape index (κ1) is 18.5. The third kappa shape index (κ3) is 3.96. The van der Waals surface area contributed by atoms with E-state index >= 15 is 0 Å². The van der Waals surface area contributed by atoms with Gasteiger partial charge in [-0.3, -0.25) is 9.36 Å². The van der Waals surface area contributed by atoms with Gasteiger partial charge in [0.05, 0.1) is 30.7 Å². The lowest BCUT2D eigenvalue weighted by atomic mass is 10.1. The normalized spacial score (nSPS) is 11.9. The number of aliphatic hydroxyl groups excluding tert-OH is 2. The van der Waals surface area contributed by atoms with Crippen molar-refractivity contribution >= 4 is 28.7 Å². The minimum absolute atomic E-state index is 0.0415. The Hall–Kier alpha value is -1.87. The van der Waals surface area contributed by atoms with Crippen molar-refractivity contribution in [3.63, 3.8) is 0 Å².